The van der Waals surface area contributed by atoms with E-state index in [1.54, 1.807) is 12.1 Å². The van der Waals surface area contributed by atoms with Crippen molar-refractivity contribution in [2.45, 2.75) is 33.7 Å². The minimum absolute atomic E-state index is 0.182. The molecular formula is C14H18N2O2. The van der Waals surface area contributed by atoms with E-state index >= 15 is 0 Å². The molecule has 0 aliphatic rings. The van der Waals surface area contributed by atoms with E-state index in [1.807, 2.05) is 18.3 Å². The Bertz CT molecular complexity index is 579. The average molecular weight is 246 g/mol. The van der Waals surface area contributed by atoms with Crippen molar-refractivity contribution in [3.05, 3.63) is 40.6 Å². The standard InChI is InChI=1S/C14H18N2O2/c1-14(2,3)8-10-15-9-7-11-12(15)5-4-6-13(11)16(17)18/h4-7,9H,8,10H2,1-3H3. The van der Waals surface area contributed by atoms with Crippen LogP contribution in [0.3, 0.4) is 0 Å². The molecule has 4 nitrogen and oxygen atoms in total. The third-order valence-electron chi connectivity index (χ3n) is 3.09. The van der Waals surface area contributed by atoms with Crippen molar-refractivity contribution in [2.75, 3.05) is 0 Å². The summed E-state index contributed by atoms with van der Waals surface area (Å²) in [5, 5.41) is 11.7. The van der Waals surface area contributed by atoms with Gasteiger partial charge >= 0.3 is 0 Å². The Kier molecular flexibility index (Phi) is 3.11. The van der Waals surface area contributed by atoms with Gasteiger partial charge in [-0.2, -0.15) is 0 Å². The number of non-ortho nitro benzene ring substituents is 1. The SMILES string of the molecule is CC(C)(C)CCn1ccc2c([N+](=O)[O-])cccc21. The molecule has 0 aliphatic heterocycles. The van der Waals surface area contributed by atoms with E-state index in [-0.39, 0.29) is 16.0 Å². The highest BCUT2D eigenvalue weighted by Gasteiger charge is 2.15. The molecule has 0 saturated carbocycles. The summed E-state index contributed by atoms with van der Waals surface area (Å²) in [6.45, 7) is 7.47. The maximum Gasteiger partial charge on any atom is 0.278 e. The number of aromatic nitrogens is 1. The molecule has 1 heterocycles. The van der Waals surface area contributed by atoms with Gasteiger partial charge in [0.15, 0.2) is 0 Å². The summed E-state index contributed by atoms with van der Waals surface area (Å²) in [5.74, 6) is 0. The van der Waals surface area contributed by atoms with E-state index in [0.29, 0.717) is 0 Å². The lowest BCUT2D eigenvalue weighted by atomic mass is 9.92. The average Bonchev–Trinajstić information content (AvgIpc) is 2.68. The molecule has 96 valence electrons. The molecule has 0 radical (unpaired) electrons. The molecule has 0 aliphatic carbocycles. The van der Waals surface area contributed by atoms with E-state index in [9.17, 15) is 10.1 Å². The van der Waals surface area contributed by atoms with Crippen LogP contribution in [0.5, 0.6) is 0 Å². The van der Waals surface area contributed by atoms with Crippen LogP contribution < -0.4 is 0 Å². The number of aryl methyl sites for hydroxylation is 1. The third-order valence-corrected chi connectivity index (χ3v) is 3.09. The Hall–Kier alpha value is -1.84. The number of nitro groups is 1. The van der Waals surface area contributed by atoms with Crippen LogP contribution in [-0.2, 0) is 6.54 Å². The lowest BCUT2D eigenvalue weighted by Gasteiger charge is -2.18. The molecule has 0 unspecified atom stereocenters. The Morgan fingerprint density at radius 3 is 2.61 bits per heavy atom. The zero-order chi connectivity index (χ0) is 13.3. The van der Waals surface area contributed by atoms with Crippen LogP contribution >= 0.6 is 0 Å². The van der Waals surface area contributed by atoms with E-state index in [2.05, 4.69) is 25.3 Å². The number of fused-ring (bicyclic) bond motifs is 1. The maximum absolute atomic E-state index is 10.9. The third kappa shape index (κ3) is 2.53. The van der Waals surface area contributed by atoms with Crippen molar-refractivity contribution in [1.82, 2.24) is 4.57 Å². The molecule has 1 aromatic heterocycles. The smallest absolute Gasteiger partial charge is 0.278 e. The van der Waals surface area contributed by atoms with E-state index in [4.69, 9.17) is 0 Å². The molecule has 0 atom stereocenters. The highest BCUT2D eigenvalue weighted by molar-refractivity contribution is 5.89. The first-order chi connectivity index (χ1) is 8.38. The van der Waals surface area contributed by atoms with Gasteiger partial charge in [-0.1, -0.05) is 26.8 Å². The molecule has 0 fully saturated rings. The van der Waals surface area contributed by atoms with E-state index in [0.717, 1.165) is 23.9 Å². The summed E-state index contributed by atoms with van der Waals surface area (Å²) in [7, 11) is 0. The summed E-state index contributed by atoms with van der Waals surface area (Å²) < 4.78 is 2.09. The first-order valence-corrected chi connectivity index (χ1v) is 6.11. The number of hydrogen-bond acceptors (Lipinski definition) is 2. The molecule has 0 N–H and O–H groups in total. The minimum Gasteiger partial charge on any atom is -0.347 e. The van der Waals surface area contributed by atoms with Gasteiger partial charge in [0, 0.05) is 18.8 Å². The largest absolute Gasteiger partial charge is 0.347 e. The topological polar surface area (TPSA) is 48.1 Å². The maximum atomic E-state index is 10.9. The monoisotopic (exact) mass is 246 g/mol. The Morgan fingerprint density at radius 1 is 1.28 bits per heavy atom. The summed E-state index contributed by atoms with van der Waals surface area (Å²) in [6, 6.07) is 7.06. The van der Waals surface area contributed by atoms with Crippen molar-refractivity contribution >= 4 is 16.6 Å². The van der Waals surface area contributed by atoms with Gasteiger partial charge in [0.1, 0.15) is 0 Å². The van der Waals surface area contributed by atoms with Crippen LogP contribution in [0.1, 0.15) is 27.2 Å². The van der Waals surface area contributed by atoms with Gasteiger partial charge in [-0.25, -0.2) is 0 Å². The second kappa shape index (κ2) is 4.44. The second-order valence-electron chi connectivity index (χ2n) is 5.79. The molecule has 0 bridgehead atoms. The van der Waals surface area contributed by atoms with Gasteiger partial charge in [-0.3, -0.25) is 10.1 Å². The van der Waals surface area contributed by atoms with Crippen molar-refractivity contribution < 1.29 is 4.92 Å². The molecule has 18 heavy (non-hydrogen) atoms. The summed E-state index contributed by atoms with van der Waals surface area (Å²) in [5.41, 5.74) is 1.38. The van der Waals surface area contributed by atoms with Gasteiger partial charge in [0.05, 0.1) is 15.8 Å². The van der Waals surface area contributed by atoms with Crippen LogP contribution in [0.4, 0.5) is 5.69 Å². The van der Waals surface area contributed by atoms with E-state index < -0.39 is 0 Å². The second-order valence-corrected chi connectivity index (χ2v) is 5.79. The predicted molar refractivity (Wildman–Crippen MR) is 72.7 cm³/mol. The number of benzene rings is 1. The van der Waals surface area contributed by atoms with Crippen molar-refractivity contribution in [2.24, 2.45) is 5.41 Å². The number of nitrogens with zero attached hydrogens (tertiary/aromatic N) is 2. The fourth-order valence-corrected chi connectivity index (χ4v) is 2.02. The zero-order valence-electron chi connectivity index (χ0n) is 11.0. The van der Waals surface area contributed by atoms with Crippen molar-refractivity contribution in [3.63, 3.8) is 0 Å². The highest BCUT2D eigenvalue weighted by atomic mass is 16.6. The number of rotatable bonds is 3. The first kappa shape index (κ1) is 12.6. The van der Waals surface area contributed by atoms with Crippen LogP contribution in [0, 0.1) is 15.5 Å². The van der Waals surface area contributed by atoms with Gasteiger partial charge in [-0.15, -0.1) is 0 Å². The molecule has 1 aromatic carbocycles. The molecule has 2 rings (SSSR count). The first-order valence-electron chi connectivity index (χ1n) is 6.11. The quantitative estimate of drug-likeness (QED) is 0.607. The number of hydrogen-bond donors (Lipinski definition) is 0. The number of nitro benzene ring substituents is 1. The predicted octanol–water partition coefficient (Wildman–Crippen LogP) is 3.99. The highest BCUT2D eigenvalue weighted by Crippen LogP contribution is 2.27. The van der Waals surface area contributed by atoms with Crippen LogP contribution in [0.25, 0.3) is 10.9 Å². The fraction of sp³-hybridized carbons (Fsp3) is 0.429. The Morgan fingerprint density at radius 2 is 2.00 bits per heavy atom. The molecule has 0 saturated heterocycles. The van der Waals surface area contributed by atoms with Crippen LogP contribution in [0.15, 0.2) is 30.5 Å². The van der Waals surface area contributed by atoms with Gasteiger partial charge in [-0.05, 0) is 24.0 Å². The van der Waals surface area contributed by atoms with Crippen LogP contribution in [-0.4, -0.2) is 9.49 Å². The molecule has 2 aromatic rings. The lowest BCUT2D eigenvalue weighted by molar-refractivity contribution is -0.383. The molecule has 4 heteroatoms. The normalized spacial score (nSPS) is 11.9. The van der Waals surface area contributed by atoms with Crippen molar-refractivity contribution in [3.8, 4) is 0 Å². The van der Waals surface area contributed by atoms with Crippen LogP contribution in [0.2, 0.25) is 0 Å². The molecular weight excluding hydrogens is 228 g/mol. The zero-order valence-corrected chi connectivity index (χ0v) is 11.0. The Balaban J connectivity index is 2.37. The Labute approximate surface area is 106 Å². The van der Waals surface area contributed by atoms with Gasteiger partial charge < -0.3 is 4.57 Å². The van der Waals surface area contributed by atoms with Gasteiger partial charge in [0.2, 0.25) is 0 Å². The summed E-state index contributed by atoms with van der Waals surface area (Å²) in [4.78, 5) is 10.6. The summed E-state index contributed by atoms with van der Waals surface area (Å²) in [6.07, 6.45) is 2.98. The van der Waals surface area contributed by atoms with E-state index in [1.165, 1.54) is 0 Å². The molecule has 0 spiro atoms. The molecule has 0 amide bonds. The lowest BCUT2D eigenvalue weighted by Crippen LogP contribution is -2.09. The fourth-order valence-electron chi connectivity index (χ4n) is 2.02. The van der Waals surface area contributed by atoms with Gasteiger partial charge in [0.25, 0.3) is 5.69 Å². The minimum atomic E-state index is -0.323. The summed E-state index contributed by atoms with van der Waals surface area (Å²) >= 11 is 0. The van der Waals surface area contributed by atoms with Crippen molar-refractivity contribution in [1.29, 1.82) is 0 Å².